The van der Waals surface area contributed by atoms with Crippen LogP contribution in [-0.4, -0.2) is 40.2 Å². The molecule has 2 atom stereocenters. The molecule has 2 aromatic rings. The van der Waals surface area contributed by atoms with Crippen LogP contribution in [0.4, 0.5) is 4.39 Å². The average Bonchev–Trinajstić information content (AvgIpc) is 2.83. The van der Waals surface area contributed by atoms with Gasteiger partial charge in [-0.3, -0.25) is 9.20 Å². The van der Waals surface area contributed by atoms with E-state index in [0.717, 1.165) is 40.1 Å². The van der Waals surface area contributed by atoms with Gasteiger partial charge in [0.05, 0.1) is 11.8 Å². The van der Waals surface area contributed by atoms with Crippen LogP contribution in [0.1, 0.15) is 36.1 Å². The molecule has 0 fully saturated rings. The van der Waals surface area contributed by atoms with Crippen LogP contribution in [0, 0.1) is 5.82 Å². The summed E-state index contributed by atoms with van der Waals surface area (Å²) in [6.07, 6.45) is 4.41. The van der Waals surface area contributed by atoms with E-state index >= 15 is 0 Å². The van der Waals surface area contributed by atoms with Crippen molar-refractivity contribution in [3.8, 4) is 0 Å². The van der Waals surface area contributed by atoms with Gasteiger partial charge in [-0.05, 0) is 54.0 Å². The predicted octanol–water partition coefficient (Wildman–Crippen LogP) is 4.55. The Morgan fingerprint density at radius 3 is 2.66 bits per heavy atom. The Kier molecular flexibility index (Phi) is 5.50. The third kappa shape index (κ3) is 3.97. The van der Waals surface area contributed by atoms with Gasteiger partial charge in [-0.1, -0.05) is 25.1 Å². The summed E-state index contributed by atoms with van der Waals surface area (Å²) in [6.45, 7) is 4.90. The van der Waals surface area contributed by atoms with Gasteiger partial charge in [-0.15, -0.1) is 0 Å². The molecule has 0 aliphatic carbocycles. The van der Waals surface area contributed by atoms with E-state index in [-0.39, 0.29) is 11.9 Å². The first-order chi connectivity index (χ1) is 14.0. The van der Waals surface area contributed by atoms with Gasteiger partial charge >= 0.3 is 0 Å². The first-order valence-electron chi connectivity index (χ1n) is 9.91. The van der Waals surface area contributed by atoms with Crippen molar-refractivity contribution in [3.05, 3.63) is 88.4 Å². The van der Waals surface area contributed by atoms with Crippen LogP contribution in [0.15, 0.2) is 65.3 Å². The molecule has 0 N–H and O–H groups in total. The van der Waals surface area contributed by atoms with Crippen LogP contribution in [-0.2, 0) is 16.6 Å². The molecule has 2 aliphatic heterocycles. The topological polar surface area (TPSA) is 32.7 Å². The van der Waals surface area contributed by atoms with Gasteiger partial charge in [0.2, 0.25) is 0 Å². The molecule has 0 amide bonds. The van der Waals surface area contributed by atoms with E-state index in [0.29, 0.717) is 11.5 Å². The molecular formula is C24H25FN2OS. The van der Waals surface area contributed by atoms with E-state index in [4.69, 9.17) is 4.99 Å². The van der Waals surface area contributed by atoms with Crippen molar-refractivity contribution in [1.29, 1.82) is 0 Å². The lowest BCUT2D eigenvalue weighted by Crippen LogP contribution is -2.19. The first kappa shape index (κ1) is 19.8. The third-order valence-corrected chi connectivity index (χ3v) is 6.73. The molecule has 2 heterocycles. The minimum absolute atomic E-state index is 0.00405. The number of rotatable bonds is 4. The molecule has 0 spiro atoms. The molecular weight excluding hydrogens is 383 g/mol. The highest BCUT2D eigenvalue weighted by Gasteiger charge is 2.27. The molecule has 0 saturated heterocycles. The summed E-state index contributed by atoms with van der Waals surface area (Å²) in [4.78, 5) is 7.20. The second-order valence-corrected chi connectivity index (χ2v) is 9.30. The third-order valence-electron chi connectivity index (χ3n) is 5.43. The second kappa shape index (κ2) is 8.07. The van der Waals surface area contributed by atoms with Crippen LogP contribution >= 0.6 is 0 Å². The van der Waals surface area contributed by atoms with Gasteiger partial charge in [-0.25, -0.2) is 4.39 Å². The van der Waals surface area contributed by atoms with E-state index in [2.05, 4.69) is 43.3 Å². The Morgan fingerprint density at radius 2 is 1.93 bits per heavy atom. The van der Waals surface area contributed by atoms with Gasteiger partial charge in [0, 0.05) is 58.8 Å². The van der Waals surface area contributed by atoms with Gasteiger partial charge < -0.3 is 4.90 Å². The van der Waals surface area contributed by atoms with Crippen LogP contribution < -0.4 is 0 Å². The summed E-state index contributed by atoms with van der Waals surface area (Å²) in [6, 6.07) is 12.8. The molecule has 5 heteroatoms. The summed E-state index contributed by atoms with van der Waals surface area (Å²) >= 11 is 0. The monoisotopic (exact) mass is 408 g/mol. The van der Waals surface area contributed by atoms with Crippen molar-refractivity contribution in [1.82, 2.24) is 4.90 Å². The average molecular weight is 409 g/mol. The van der Waals surface area contributed by atoms with Crippen molar-refractivity contribution in [2.24, 2.45) is 4.99 Å². The number of nitrogens with zero attached hydrogens (tertiary/aromatic N) is 2. The van der Waals surface area contributed by atoms with Crippen LogP contribution in [0.3, 0.4) is 0 Å². The van der Waals surface area contributed by atoms with E-state index in [9.17, 15) is 8.60 Å². The standard InChI is InChI=1S/C24H25FN2OS/c1-4-29(28)15-17-5-10-21-22(13-17)23-14-27(3)12-11-20(23)16(2)26-24(21)18-6-8-19(25)9-7-18/h5-11,13-14,16H,4,12,15H2,1-3H3/t16-,29?/m0/s1. The summed E-state index contributed by atoms with van der Waals surface area (Å²) in [5.74, 6) is 0.937. The fourth-order valence-corrected chi connectivity index (χ4v) is 4.65. The zero-order valence-corrected chi connectivity index (χ0v) is 17.8. The summed E-state index contributed by atoms with van der Waals surface area (Å²) in [5.41, 5.74) is 7.32. The number of hydrogen-bond donors (Lipinski definition) is 0. The van der Waals surface area contributed by atoms with Crippen molar-refractivity contribution in [3.63, 3.8) is 0 Å². The maximum Gasteiger partial charge on any atom is 0.123 e. The number of fused-ring (bicyclic) bond motifs is 3. The Bertz CT molecular complexity index is 1050. The molecule has 0 aromatic heterocycles. The van der Waals surface area contributed by atoms with Gasteiger partial charge in [0.15, 0.2) is 0 Å². The van der Waals surface area contributed by atoms with E-state index in [1.165, 1.54) is 17.7 Å². The van der Waals surface area contributed by atoms with Gasteiger partial charge in [0.25, 0.3) is 0 Å². The Balaban J connectivity index is 1.91. The molecule has 2 aliphatic rings. The Hall–Kier alpha value is -2.53. The van der Waals surface area contributed by atoms with Crippen LogP contribution in [0.2, 0.25) is 0 Å². The molecule has 0 bridgehead atoms. The molecule has 2 aromatic carbocycles. The molecule has 0 radical (unpaired) electrons. The maximum absolute atomic E-state index is 13.5. The summed E-state index contributed by atoms with van der Waals surface area (Å²) in [7, 11) is 1.19. The highest BCUT2D eigenvalue weighted by molar-refractivity contribution is 7.84. The maximum atomic E-state index is 13.5. The van der Waals surface area contributed by atoms with E-state index in [1.54, 1.807) is 12.1 Å². The lowest BCUT2D eigenvalue weighted by Gasteiger charge is -2.25. The summed E-state index contributed by atoms with van der Waals surface area (Å²) in [5, 5.41) is 0. The molecule has 29 heavy (non-hydrogen) atoms. The lowest BCUT2D eigenvalue weighted by molar-refractivity contribution is 0.503. The number of aliphatic imine (C=N–C) groups is 1. The highest BCUT2D eigenvalue weighted by atomic mass is 32.2. The van der Waals surface area contributed by atoms with Gasteiger partial charge in [-0.2, -0.15) is 0 Å². The number of hydrogen-bond acceptors (Lipinski definition) is 3. The Labute approximate surface area is 174 Å². The zero-order valence-electron chi connectivity index (χ0n) is 17.0. The van der Waals surface area contributed by atoms with Crippen LogP contribution in [0.5, 0.6) is 0 Å². The van der Waals surface area contributed by atoms with Crippen LogP contribution in [0.25, 0.3) is 5.57 Å². The first-order valence-corrected chi connectivity index (χ1v) is 11.4. The largest absolute Gasteiger partial charge is 0.376 e. The fraction of sp³-hybridized carbons (Fsp3) is 0.292. The zero-order chi connectivity index (χ0) is 20.5. The fourth-order valence-electron chi connectivity index (χ4n) is 3.89. The Morgan fingerprint density at radius 1 is 1.17 bits per heavy atom. The molecule has 150 valence electrons. The number of likely N-dealkylation sites (N-methyl/N-ethyl adjacent to an activating group) is 1. The molecule has 1 unspecified atom stereocenters. The van der Waals surface area contributed by atoms with Gasteiger partial charge in [0.1, 0.15) is 5.82 Å². The normalized spacial score (nSPS) is 19.4. The SMILES string of the molecule is CCS(=O)Cc1ccc2c(c1)C1=CN(C)CC=C1[C@H](C)N=C2c1ccc(F)cc1. The highest BCUT2D eigenvalue weighted by Crippen LogP contribution is 2.37. The number of halogens is 1. The second-order valence-electron chi connectivity index (χ2n) is 7.56. The van der Waals surface area contributed by atoms with Crippen molar-refractivity contribution in [2.45, 2.75) is 25.6 Å². The lowest BCUT2D eigenvalue weighted by atomic mass is 9.88. The predicted molar refractivity (Wildman–Crippen MR) is 119 cm³/mol. The minimum atomic E-state index is -0.871. The van der Waals surface area contributed by atoms with Crippen molar-refractivity contribution in [2.75, 3.05) is 19.3 Å². The van der Waals surface area contributed by atoms with E-state index < -0.39 is 10.8 Å². The molecule has 4 rings (SSSR count). The van der Waals surface area contributed by atoms with Crippen molar-refractivity contribution < 1.29 is 8.60 Å². The van der Waals surface area contributed by atoms with E-state index in [1.807, 2.05) is 13.0 Å². The number of benzene rings is 2. The molecule has 3 nitrogen and oxygen atoms in total. The summed E-state index contributed by atoms with van der Waals surface area (Å²) < 4.78 is 25.6. The molecule has 0 saturated carbocycles. The smallest absolute Gasteiger partial charge is 0.123 e. The quantitative estimate of drug-likeness (QED) is 0.744. The van der Waals surface area contributed by atoms with Crippen molar-refractivity contribution >= 4 is 22.1 Å². The minimum Gasteiger partial charge on any atom is -0.376 e.